The van der Waals surface area contributed by atoms with Gasteiger partial charge in [0.05, 0.1) is 5.69 Å². The minimum Gasteiger partial charge on any atom is -0.398 e. The monoisotopic (exact) mass is 311 g/mol. The number of nitrogens with one attached hydrogen (secondary N) is 1. The first kappa shape index (κ1) is 16.3. The van der Waals surface area contributed by atoms with E-state index in [4.69, 9.17) is 5.73 Å². The summed E-state index contributed by atoms with van der Waals surface area (Å²) in [4.78, 5) is 2.53. The average Bonchev–Trinajstić information content (AvgIpc) is 3.23. The molecule has 0 radical (unpaired) electrons. The molecule has 1 aromatic rings. The Bertz CT molecular complexity index is 610. The molecule has 1 aliphatic rings. The topological polar surface area (TPSA) is 75.4 Å². The average molecular weight is 311 g/mol. The summed E-state index contributed by atoms with van der Waals surface area (Å²) in [6.07, 6.45) is 2.45. The number of aryl methyl sites for hydroxylation is 1. The number of sulfonamides is 1. The summed E-state index contributed by atoms with van der Waals surface area (Å²) in [5.41, 5.74) is 7.82. The predicted octanol–water partition coefficient (Wildman–Crippen LogP) is 1.65. The Kier molecular flexibility index (Phi) is 4.91. The van der Waals surface area contributed by atoms with E-state index in [0.717, 1.165) is 24.2 Å². The minimum absolute atomic E-state index is 0.219. The highest BCUT2D eigenvalue weighted by atomic mass is 32.2. The zero-order chi connectivity index (χ0) is 15.6. The van der Waals surface area contributed by atoms with Gasteiger partial charge in [0.2, 0.25) is 10.0 Å². The molecule has 0 atom stereocenters. The summed E-state index contributed by atoms with van der Waals surface area (Å²) < 4.78 is 27.6. The van der Waals surface area contributed by atoms with Crippen LogP contribution in [-0.4, -0.2) is 39.0 Å². The molecule has 0 heterocycles. The third-order valence-electron chi connectivity index (χ3n) is 4.14. The molecule has 0 aliphatic heterocycles. The van der Waals surface area contributed by atoms with E-state index < -0.39 is 10.0 Å². The molecular weight excluding hydrogens is 286 g/mol. The molecule has 1 aromatic carbocycles. The van der Waals surface area contributed by atoms with Crippen molar-refractivity contribution in [3.63, 3.8) is 0 Å². The van der Waals surface area contributed by atoms with Crippen molar-refractivity contribution in [2.24, 2.45) is 0 Å². The van der Waals surface area contributed by atoms with Gasteiger partial charge in [0, 0.05) is 19.1 Å². The maximum atomic E-state index is 12.5. The van der Waals surface area contributed by atoms with Crippen LogP contribution < -0.4 is 10.5 Å². The molecule has 0 amide bonds. The Balaban J connectivity index is 2.06. The molecular formula is C15H25N3O2S. The van der Waals surface area contributed by atoms with Gasteiger partial charge in [0.1, 0.15) is 4.90 Å². The lowest BCUT2D eigenvalue weighted by atomic mass is 10.1. The third-order valence-corrected chi connectivity index (χ3v) is 5.80. The van der Waals surface area contributed by atoms with Crippen molar-refractivity contribution in [1.82, 2.24) is 9.62 Å². The molecule has 0 saturated heterocycles. The molecule has 2 rings (SSSR count). The molecule has 118 valence electrons. The van der Waals surface area contributed by atoms with Gasteiger partial charge in [0.25, 0.3) is 0 Å². The number of likely N-dealkylation sites (N-methyl/N-ethyl adjacent to an activating group) is 1. The number of anilines is 1. The predicted molar refractivity (Wildman–Crippen MR) is 85.8 cm³/mol. The van der Waals surface area contributed by atoms with Crippen molar-refractivity contribution in [1.29, 1.82) is 0 Å². The molecule has 1 aliphatic carbocycles. The van der Waals surface area contributed by atoms with Gasteiger partial charge in [0.15, 0.2) is 0 Å². The van der Waals surface area contributed by atoms with E-state index in [1.165, 1.54) is 12.8 Å². The van der Waals surface area contributed by atoms with Crippen molar-refractivity contribution in [3.05, 3.63) is 23.3 Å². The molecule has 1 saturated carbocycles. The van der Waals surface area contributed by atoms with Gasteiger partial charge in [-0.3, -0.25) is 4.90 Å². The fraction of sp³-hybridized carbons (Fsp3) is 0.600. The van der Waals surface area contributed by atoms with E-state index in [1.54, 1.807) is 13.0 Å². The Labute approximate surface area is 127 Å². The molecule has 21 heavy (non-hydrogen) atoms. The molecule has 3 N–H and O–H groups in total. The van der Waals surface area contributed by atoms with E-state index in [9.17, 15) is 8.42 Å². The fourth-order valence-electron chi connectivity index (χ4n) is 2.60. The Morgan fingerprint density at radius 3 is 2.57 bits per heavy atom. The van der Waals surface area contributed by atoms with E-state index in [0.29, 0.717) is 18.3 Å². The second kappa shape index (κ2) is 6.34. The van der Waals surface area contributed by atoms with Crippen molar-refractivity contribution in [3.8, 4) is 0 Å². The van der Waals surface area contributed by atoms with E-state index in [2.05, 4.69) is 16.5 Å². The van der Waals surface area contributed by atoms with Crippen LogP contribution in [0, 0.1) is 13.8 Å². The van der Waals surface area contributed by atoms with Gasteiger partial charge in [-0.25, -0.2) is 13.1 Å². The summed E-state index contributed by atoms with van der Waals surface area (Å²) in [6.45, 7) is 7.90. The van der Waals surface area contributed by atoms with Crippen molar-refractivity contribution < 1.29 is 8.42 Å². The lowest BCUT2D eigenvalue weighted by molar-refractivity contribution is 0.282. The summed E-state index contributed by atoms with van der Waals surface area (Å²) in [7, 11) is -3.55. The van der Waals surface area contributed by atoms with Gasteiger partial charge >= 0.3 is 0 Å². The summed E-state index contributed by atoms with van der Waals surface area (Å²) in [6, 6.07) is 4.14. The highest BCUT2D eigenvalue weighted by Crippen LogP contribution is 2.27. The Morgan fingerprint density at radius 2 is 2.00 bits per heavy atom. The van der Waals surface area contributed by atoms with Crippen molar-refractivity contribution in [2.75, 3.05) is 25.4 Å². The Hall–Kier alpha value is -1.11. The van der Waals surface area contributed by atoms with Gasteiger partial charge in [-0.2, -0.15) is 0 Å². The van der Waals surface area contributed by atoms with Crippen LogP contribution in [0.15, 0.2) is 17.0 Å². The van der Waals surface area contributed by atoms with Crippen LogP contribution in [0.25, 0.3) is 0 Å². The van der Waals surface area contributed by atoms with Gasteiger partial charge < -0.3 is 5.73 Å². The van der Waals surface area contributed by atoms with Crippen LogP contribution in [0.3, 0.4) is 0 Å². The number of hydrogen-bond acceptors (Lipinski definition) is 4. The molecule has 6 heteroatoms. The van der Waals surface area contributed by atoms with Crippen LogP contribution >= 0.6 is 0 Å². The molecule has 5 nitrogen and oxygen atoms in total. The number of nitrogens with two attached hydrogens (primary N) is 1. The Morgan fingerprint density at radius 1 is 1.33 bits per heavy atom. The minimum atomic E-state index is -3.55. The van der Waals surface area contributed by atoms with E-state index >= 15 is 0 Å². The van der Waals surface area contributed by atoms with E-state index in [1.807, 2.05) is 13.0 Å². The van der Waals surface area contributed by atoms with E-state index in [-0.39, 0.29) is 4.90 Å². The zero-order valence-electron chi connectivity index (χ0n) is 13.0. The molecule has 0 unspecified atom stereocenters. The molecule has 0 aromatic heterocycles. The van der Waals surface area contributed by atoms with Crippen LogP contribution in [0.4, 0.5) is 5.69 Å². The normalized spacial score (nSPS) is 15.6. The van der Waals surface area contributed by atoms with Crippen LogP contribution in [-0.2, 0) is 10.0 Å². The lowest BCUT2D eigenvalue weighted by Crippen LogP contribution is -2.36. The quantitative estimate of drug-likeness (QED) is 0.751. The van der Waals surface area contributed by atoms with Gasteiger partial charge in [-0.05, 0) is 50.4 Å². The number of nitrogens with zero attached hydrogens (tertiary/aromatic N) is 1. The smallest absolute Gasteiger partial charge is 0.242 e. The highest BCUT2D eigenvalue weighted by molar-refractivity contribution is 7.89. The first-order valence-corrected chi connectivity index (χ1v) is 8.94. The fourth-order valence-corrected chi connectivity index (χ4v) is 4.05. The van der Waals surface area contributed by atoms with Gasteiger partial charge in [-0.15, -0.1) is 0 Å². The highest BCUT2D eigenvalue weighted by Gasteiger charge is 2.28. The van der Waals surface area contributed by atoms with Crippen LogP contribution in [0.2, 0.25) is 0 Å². The van der Waals surface area contributed by atoms with Crippen LogP contribution in [0.1, 0.15) is 30.9 Å². The lowest BCUT2D eigenvalue weighted by Gasteiger charge is -2.20. The summed E-state index contributed by atoms with van der Waals surface area (Å²) >= 11 is 0. The summed E-state index contributed by atoms with van der Waals surface area (Å²) in [5, 5.41) is 0. The van der Waals surface area contributed by atoms with Crippen molar-refractivity contribution >= 4 is 15.7 Å². The first-order valence-electron chi connectivity index (χ1n) is 7.46. The number of rotatable bonds is 7. The second-order valence-corrected chi connectivity index (χ2v) is 7.39. The number of hydrogen-bond donors (Lipinski definition) is 2. The standard InChI is InChI=1S/C15H25N3O2S/c1-4-18(13-6-7-13)10-9-17-21(19,20)15-12(3)11(2)5-8-14(15)16/h5,8,13,17H,4,6-7,9-10,16H2,1-3H3. The van der Waals surface area contributed by atoms with Crippen LogP contribution in [0.5, 0.6) is 0 Å². The third kappa shape index (κ3) is 3.75. The second-order valence-electron chi connectivity index (χ2n) is 5.68. The maximum absolute atomic E-state index is 12.5. The van der Waals surface area contributed by atoms with Crippen molar-refractivity contribution in [2.45, 2.75) is 44.6 Å². The number of nitrogen functional groups attached to an aromatic ring is 1. The maximum Gasteiger partial charge on any atom is 0.242 e. The molecule has 1 fully saturated rings. The molecule has 0 spiro atoms. The molecule has 0 bridgehead atoms. The summed E-state index contributed by atoms with van der Waals surface area (Å²) in [5.74, 6) is 0. The number of benzene rings is 1. The SMILES string of the molecule is CCN(CCNS(=O)(=O)c1c(N)ccc(C)c1C)C1CC1. The van der Waals surface area contributed by atoms with Gasteiger partial charge in [-0.1, -0.05) is 13.0 Å². The largest absolute Gasteiger partial charge is 0.398 e. The first-order chi connectivity index (χ1) is 9.86. The zero-order valence-corrected chi connectivity index (χ0v) is 13.8.